The van der Waals surface area contributed by atoms with E-state index >= 15 is 0 Å². The van der Waals surface area contributed by atoms with Gasteiger partial charge in [0.25, 0.3) is 0 Å². The highest BCUT2D eigenvalue weighted by Gasteiger charge is 2.31. The maximum absolute atomic E-state index is 10.5. The fraction of sp³-hybridized carbons (Fsp3) is 0.875. The lowest BCUT2D eigenvalue weighted by atomic mass is 10.1. The van der Waals surface area contributed by atoms with Crippen molar-refractivity contribution in [1.82, 2.24) is 0 Å². The summed E-state index contributed by atoms with van der Waals surface area (Å²) < 4.78 is 10.1. The summed E-state index contributed by atoms with van der Waals surface area (Å²) in [6, 6.07) is 0. The van der Waals surface area contributed by atoms with Crippen LogP contribution in [0.5, 0.6) is 0 Å². The molecule has 5 heteroatoms. The first kappa shape index (κ1) is 10.3. The van der Waals surface area contributed by atoms with E-state index < -0.39 is 12.2 Å². The summed E-state index contributed by atoms with van der Waals surface area (Å²) in [5.41, 5.74) is 4.89. The predicted octanol–water partition coefficient (Wildman–Crippen LogP) is 0.0101. The monoisotopic (exact) mass is 189 g/mol. The number of aliphatic hydroxyl groups is 1. The lowest BCUT2D eigenvalue weighted by molar-refractivity contribution is -0.0131. The molecule has 0 aromatic heterocycles. The fourth-order valence-electron chi connectivity index (χ4n) is 1.47. The number of primary amides is 1. The Morgan fingerprint density at radius 2 is 2.54 bits per heavy atom. The van der Waals surface area contributed by atoms with Crippen LogP contribution in [0.2, 0.25) is 0 Å². The first-order chi connectivity index (χ1) is 6.13. The van der Waals surface area contributed by atoms with Gasteiger partial charge in [0, 0.05) is 6.42 Å². The molecule has 1 amide bonds. The summed E-state index contributed by atoms with van der Waals surface area (Å²) in [6.45, 7) is 2.19. The van der Waals surface area contributed by atoms with Gasteiger partial charge in [-0.3, -0.25) is 0 Å². The SMILES string of the molecule is CCC(OC(N)=O)C1CC(O)CO1. The first-order valence-electron chi connectivity index (χ1n) is 4.39. The molecule has 3 N–H and O–H groups in total. The number of nitrogens with two attached hydrogens (primary N) is 1. The van der Waals surface area contributed by atoms with Crippen LogP contribution in [0.25, 0.3) is 0 Å². The quantitative estimate of drug-likeness (QED) is 0.655. The van der Waals surface area contributed by atoms with Gasteiger partial charge < -0.3 is 20.3 Å². The Morgan fingerprint density at radius 3 is 2.92 bits per heavy atom. The third-order valence-corrected chi connectivity index (χ3v) is 2.09. The average molecular weight is 189 g/mol. The van der Waals surface area contributed by atoms with Crippen molar-refractivity contribution in [3.63, 3.8) is 0 Å². The van der Waals surface area contributed by atoms with Gasteiger partial charge in [-0.2, -0.15) is 0 Å². The van der Waals surface area contributed by atoms with E-state index in [-0.39, 0.29) is 12.2 Å². The highest BCUT2D eigenvalue weighted by molar-refractivity contribution is 5.64. The van der Waals surface area contributed by atoms with E-state index in [2.05, 4.69) is 0 Å². The molecule has 0 spiro atoms. The molecule has 1 aliphatic rings. The number of hydrogen-bond acceptors (Lipinski definition) is 4. The summed E-state index contributed by atoms with van der Waals surface area (Å²) in [5, 5.41) is 9.18. The Hall–Kier alpha value is -0.810. The largest absolute Gasteiger partial charge is 0.444 e. The second kappa shape index (κ2) is 4.43. The van der Waals surface area contributed by atoms with Gasteiger partial charge in [0.1, 0.15) is 6.10 Å². The molecule has 0 aromatic rings. The number of rotatable bonds is 3. The zero-order chi connectivity index (χ0) is 9.84. The van der Waals surface area contributed by atoms with Gasteiger partial charge in [0.05, 0.1) is 18.8 Å². The van der Waals surface area contributed by atoms with Gasteiger partial charge in [-0.15, -0.1) is 0 Å². The standard InChI is InChI=1S/C8H15NO4/c1-2-6(13-8(9)11)7-3-5(10)4-12-7/h5-7,10H,2-4H2,1H3,(H2,9,11). The van der Waals surface area contributed by atoms with E-state index in [4.69, 9.17) is 15.2 Å². The van der Waals surface area contributed by atoms with Gasteiger partial charge in [-0.1, -0.05) is 6.92 Å². The molecular formula is C8H15NO4. The van der Waals surface area contributed by atoms with Crippen LogP contribution in [0, 0.1) is 0 Å². The van der Waals surface area contributed by atoms with Crippen LogP contribution in [0.3, 0.4) is 0 Å². The second-order valence-electron chi connectivity index (χ2n) is 3.14. The van der Waals surface area contributed by atoms with E-state index in [1.807, 2.05) is 6.92 Å². The lowest BCUT2D eigenvalue weighted by Gasteiger charge is -2.20. The summed E-state index contributed by atoms with van der Waals surface area (Å²) in [6.07, 6.45) is -0.652. The van der Waals surface area contributed by atoms with Crippen LogP contribution in [0.4, 0.5) is 4.79 Å². The van der Waals surface area contributed by atoms with Crippen molar-refractivity contribution in [2.45, 2.75) is 38.1 Å². The maximum Gasteiger partial charge on any atom is 0.404 e. The molecule has 0 radical (unpaired) electrons. The molecule has 1 aliphatic heterocycles. The van der Waals surface area contributed by atoms with Crippen molar-refractivity contribution in [2.24, 2.45) is 5.73 Å². The minimum atomic E-state index is -0.795. The first-order valence-corrected chi connectivity index (χ1v) is 4.39. The van der Waals surface area contributed by atoms with Crippen molar-refractivity contribution in [3.05, 3.63) is 0 Å². The molecule has 3 atom stereocenters. The van der Waals surface area contributed by atoms with E-state index in [9.17, 15) is 9.90 Å². The Balaban J connectivity index is 2.42. The molecule has 0 saturated carbocycles. The van der Waals surface area contributed by atoms with Gasteiger partial charge in [0.15, 0.2) is 0 Å². The van der Waals surface area contributed by atoms with Crippen molar-refractivity contribution in [3.8, 4) is 0 Å². The Bertz CT molecular complexity index is 185. The molecule has 76 valence electrons. The van der Waals surface area contributed by atoms with Crippen LogP contribution in [-0.4, -0.2) is 36.1 Å². The van der Waals surface area contributed by atoms with E-state index in [1.165, 1.54) is 0 Å². The summed E-state index contributed by atoms with van der Waals surface area (Å²) >= 11 is 0. The molecule has 3 unspecified atom stereocenters. The highest BCUT2D eigenvalue weighted by Crippen LogP contribution is 2.20. The molecule has 1 saturated heterocycles. The molecule has 1 fully saturated rings. The predicted molar refractivity (Wildman–Crippen MR) is 45.1 cm³/mol. The van der Waals surface area contributed by atoms with Crippen molar-refractivity contribution in [1.29, 1.82) is 0 Å². The third kappa shape index (κ3) is 2.86. The number of carbonyl (C=O) groups excluding carboxylic acids is 1. The topological polar surface area (TPSA) is 81.8 Å². The summed E-state index contributed by atoms with van der Waals surface area (Å²) in [4.78, 5) is 10.5. The fourth-order valence-corrected chi connectivity index (χ4v) is 1.47. The molecule has 13 heavy (non-hydrogen) atoms. The van der Waals surface area contributed by atoms with Gasteiger partial charge in [-0.05, 0) is 6.42 Å². The van der Waals surface area contributed by atoms with E-state index in [0.29, 0.717) is 19.4 Å². The molecule has 0 aromatic carbocycles. The second-order valence-corrected chi connectivity index (χ2v) is 3.14. The number of ether oxygens (including phenoxy) is 2. The summed E-state index contributed by atoms with van der Waals surface area (Å²) in [7, 11) is 0. The van der Waals surface area contributed by atoms with Crippen molar-refractivity contribution in [2.75, 3.05) is 6.61 Å². The minimum Gasteiger partial charge on any atom is -0.444 e. The normalized spacial score (nSPS) is 30.0. The Kier molecular flexibility index (Phi) is 3.50. The molecule has 5 nitrogen and oxygen atoms in total. The third-order valence-electron chi connectivity index (χ3n) is 2.09. The van der Waals surface area contributed by atoms with Gasteiger partial charge in [-0.25, -0.2) is 4.79 Å². The molecular weight excluding hydrogens is 174 g/mol. The van der Waals surface area contributed by atoms with Crippen LogP contribution in [-0.2, 0) is 9.47 Å². The van der Waals surface area contributed by atoms with Crippen molar-refractivity contribution < 1.29 is 19.4 Å². The zero-order valence-corrected chi connectivity index (χ0v) is 7.60. The number of carbonyl (C=O) groups is 1. The van der Waals surface area contributed by atoms with Crippen molar-refractivity contribution >= 4 is 6.09 Å². The zero-order valence-electron chi connectivity index (χ0n) is 7.60. The van der Waals surface area contributed by atoms with Crippen LogP contribution < -0.4 is 5.73 Å². The molecule has 1 rings (SSSR count). The number of amides is 1. The van der Waals surface area contributed by atoms with E-state index in [0.717, 1.165) is 0 Å². The average Bonchev–Trinajstić information content (AvgIpc) is 2.47. The molecule has 1 heterocycles. The van der Waals surface area contributed by atoms with Crippen LogP contribution in [0.1, 0.15) is 19.8 Å². The highest BCUT2D eigenvalue weighted by atomic mass is 16.6. The molecule has 0 aliphatic carbocycles. The number of hydrogen-bond donors (Lipinski definition) is 2. The maximum atomic E-state index is 10.5. The minimum absolute atomic E-state index is 0.215. The van der Waals surface area contributed by atoms with Gasteiger partial charge >= 0.3 is 6.09 Å². The molecule has 0 bridgehead atoms. The van der Waals surface area contributed by atoms with E-state index in [1.54, 1.807) is 0 Å². The smallest absolute Gasteiger partial charge is 0.404 e. The Labute approximate surface area is 76.8 Å². The van der Waals surface area contributed by atoms with Crippen LogP contribution in [0.15, 0.2) is 0 Å². The number of aliphatic hydroxyl groups excluding tert-OH is 1. The van der Waals surface area contributed by atoms with Gasteiger partial charge in [0.2, 0.25) is 0 Å². The lowest BCUT2D eigenvalue weighted by Crippen LogP contribution is -2.32. The Morgan fingerprint density at radius 1 is 1.85 bits per heavy atom. The summed E-state index contributed by atoms with van der Waals surface area (Å²) in [5.74, 6) is 0. The van der Waals surface area contributed by atoms with Crippen LogP contribution >= 0.6 is 0 Å².